The third-order valence-electron chi connectivity index (χ3n) is 3.27. The Morgan fingerprint density at radius 1 is 1.25 bits per heavy atom. The van der Waals surface area contributed by atoms with Crippen LogP contribution in [0, 0.1) is 5.82 Å². The number of fused-ring (bicyclic) bond motifs is 1. The maximum absolute atomic E-state index is 13.2. The topological polar surface area (TPSA) is 40.7 Å². The van der Waals surface area contributed by atoms with Gasteiger partial charge in [-0.2, -0.15) is 5.10 Å². The smallest absolute Gasteiger partial charge is 0.141 e. The number of anilines is 1. The van der Waals surface area contributed by atoms with Crippen LogP contribution < -0.4 is 5.32 Å². The molecule has 0 radical (unpaired) electrons. The van der Waals surface area contributed by atoms with Crippen LogP contribution in [-0.4, -0.2) is 10.2 Å². The Hall–Kier alpha value is -2.07. The summed E-state index contributed by atoms with van der Waals surface area (Å²) < 4.78 is 13.2. The highest BCUT2D eigenvalue weighted by molar-refractivity contribution is 6.30. The molecule has 20 heavy (non-hydrogen) atoms. The van der Waals surface area contributed by atoms with Crippen LogP contribution in [0.4, 0.5) is 10.1 Å². The standard InChI is InChI=1S/C15H13ClFN3/c1-9(10-2-4-14(17)13(16)7-10)19-12-3-5-15-11(6-12)8-18-20-15/h2-9,19H,1H3,(H,18,20). The zero-order chi connectivity index (χ0) is 14.1. The van der Waals surface area contributed by atoms with Gasteiger partial charge in [0.05, 0.1) is 16.7 Å². The van der Waals surface area contributed by atoms with Gasteiger partial charge in [0, 0.05) is 17.1 Å². The lowest BCUT2D eigenvalue weighted by Crippen LogP contribution is -2.06. The zero-order valence-corrected chi connectivity index (χ0v) is 11.6. The number of aromatic nitrogens is 2. The van der Waals surface area contributed by atoms with Gasteiger partial charge < -0.3 is 5.32 Å². The van der Waals surface area contributed by atoms with E-state index in [1.54, 1.807) is 18.3 Å². The molecule has 1 unspecified atom stereocenters. The van der Waals surface area contributed by atoms with E-state index in [2.05, 4.69) is 15.5 Å². The molecule has 102 valence electrons. The summed E-state index contributed by atoms with van der Waals surface area (Å²) in [6.07, 6.45) is 1.78. The largest absolute Gasteiger partial charge is 0.379 e. The first-order chi connectivity index (χ1) is 9.63. The molecule has 0 bridgehead atoms. The van der Waals surface area contributed by atoms with Crippen LogP contribution in [0.3, 0.4) is 0 Å². The Balaban J connectivity index is 1.83. The van der Waals surface area contributed by atoms with Gasteiger partial charge in [0.25, 0.3) is 0 Å². The van der Waals surface area contributed by atoms with E-state index in [4.69, 9.17) is 11.6 Å². The molecule has 0 aliphatic rings. The second-order valence-electron chi connectivity index (χ2n) is 4.71. The molecule has 0 aliphatic carbocycles. The lowest BCUT2D eigenvalue weighted by molar-refractivity contribution is 0.627. The first-order valence-corrected chi connectivity index (χ1v) is 6.66. The normalized spacial score (nSPS) is 12.6. The number of aromatic amines is 1. The molecule has 3 nitrogen and oxygen atoms in total. The van der Waals surface area contributed by atoms with E-state index in [1.165, 1.54) is 6.07 Å². The minimum atomic E-state index is -0.401. The first-order valence-electron chi connectivity index (χ1n) is 6.28. The van der Waals surface area contributed by atoms with E-state index in [1.807, 2.05) is 25.1 Å². The summed E-state index contributed by atoms with van der Waals surface area (Å²) in [5, 5.41) is 11.4. The fraction of sp³-hybridized carbons (Fsp3) is 0.133. The van der Waals surface area contributed by atoms with E-state index in [0.29, 0.717) is 0 Å². The summed E-state index contributed by atoms with van der Waals surface area (Å²) in [6.45, 7) is 2.00. The van der Waals surface area contributed by atoms with E-state index >= 15 is 0 Å². The molecule has 1 heterocycles. The van der Waals surface area contributed by atoms with Crippen molar-refractivity contribution in [1.82, 2.24) is 10.2 Å². The molecule has 1 aromatic heterocycles. The molecule has 0 fully saturated rings. The molecule has 5 heteroatoms. The molecule has 0 spiro atoms. The van der Waals surface area contributed by atoms with Crippen molar-refractivity contribution in [2.45, 2.75) is 13.0 Å². The average molecular weight is 290 g/mol. The summed E-state index contributed by atoms with van der Waals surface area (Å²) in [5.41, 5.74) is 2.91. The summed E-state index contributed by atoms with van der Waals surface area (Å²) >= 11 is 5.81. The molecule has 2 aromatic carbocycles. The number of hydrogen-bond acceptors (Lipinski definition) is 2. The van der Waals surface area contributed by atoms with Gasteiger partial charge in [0.1, 0.15) is 5.82 Å². The number of hydrogen-bond donors (Lipinski definition) is 2. The second-order valence-corrected chi connectivity index (χ2v) is 5.12. The Labute approximate surface area is 120 Å². The number of nitrogens with one attached hydrogen (secondary N) is 2. The maximum Gasteiger partial charge on any atom is 0.141 e. The van der Waals surface area contributed by atoms with Crippen LogP contribution >= 0.6 is 11.6 Å². The van der Waals surface area contributed by atoms with Crippen molar-refractivity contribution < 1.29 is 4.39 Å². The Morgan fingerprint density at radius 2 is 2.10 bits per heavy atom. The van der Waals surface area contributed by atoms with Crippen molar-refractivity contribution >= 4 is 28.2 Å². The highest BCUT2D eigenvalue weighted by Crippen LogP contribution is 2.25. The monoisotopic (exact) mass is 289 g/mol. The van der Waals surface area contributed by atoms with Crippen molar-refractivity contribution in [3.05, 3.63) is 59.0 Å². The van der Waals surface area contributed by atoms with Crippen LogP contribution in [-0.2, 0) is 0 Å². The molecular weight excluding hydrogens is 277 g/mol. The highest BCUT2D eigenvalue weighted by atomic mass is 35.5. The Bertz CT molecular complexity index is 754. The fourth-order valence-electron chi connectivity index (χ4n) is 2.15. The van der Waals surface area contributed by atoms with E-state index in [0.717, 1.165) is 22.2 Å². The fourth-order valence-corrected chi connectivity index (χ4v) is 2.34. The SMILES string of the molecule is CC(Nc1ccc2[nH]ncc2c1)c1ccc(F)c(Cl)c1. The highest BCUT2D eigenvalue weighted by Gasteiger charge is 2.08. The number of benzene rings is 2. The van der Waals surface area contributed by atoms with Crippen LogP contribution in [0.2, 0.25) is 5.02 Å². The van der Waals surface area contributed by atoms with E-state index in [9.17, 15) is 4.39 Å². The number of nitrogens with zero attached hydrogens (tertiary/aromatic N) is 1. The third kappa shape index (κ3) is 2.47. The number of H-pyrrole nitrogens is 1. The van der Waals surface area contributed by atoms with Gasteiger partial charge in [-0.05, 0) is 42.8 Å². The predicted molar refractivity (Wildman–Crippen MR) is 79.5 cm³/mol. The lowest BCUT2D eigenvalue weighted by atomic mass is 10.1. The average Bonchev–Trinajstić information content (AvgIpc) is 2.89. The maximum atomic E-state index is 13.2. The molecule has 0 amide bonds. The van der Waals surface area contributed by atoms with E-state index < -0.39 is 5.82 Å². The summed E-state index contributed by atoms with van der Waals surface area (Å²) in [6, 6.07) is 10.7. The molecule has 2 N–H and O–H groups in total. The van der Waals surface area contributed by atoms with Crippen LogP contribution in [0.5, 0.6) is 0 Å². The molecule has 1 atom stereocenters. The lowest BCUT2D eigenvalue weighted by Gasteiger charge is -2.16. The number of rotatable bonds is 3. The summed E-state index contributed by atoms with van der Waals surface area (Å²) in [5.74, 6) is -0.401. The number of halogens is 2. The molecule has 0 saturated carbocycles. The molecule has 3 rings (SSSR count). The summed E-state index contributed by atoms with van der Waals surface area (Å²) in [7, 11) is 0. The second kappa shape index (κ2) is 5.13. The minimum Gasteiger partial charge on any atom is -0.379 e. The summed E-state index contributed by atoms with van der Waals surface area (Å²) in [4.78, 5) is 0. The van der Waals surface area contributed by atoms with Gasteiger partial charge in [-0.15, -0.1) is 0 Å². The van der Waals surface area contributed by atoms with Gasteiger partial charge >= 0.3 is 0 Å². The van der Waals surface area contributed by atoms with Gasteiger partial charge in [-0.1, -0.05) is 17.7 Å². The van der Waals surface area contributed by atoms with Crippen molar-refractivity contribution in [2.24, 2.45) is 0 Å². The molecular formula is C15H13ClFN3. The van der Waals surface area contributed by atoms with Crippen molar-refractivity contribution in [3.8, 4) is 0 Å². The van der Waals surface area contributed by atoms with Crippen molar-refractivity contribution in [1.29, 1.82) is 0 Å². The van der Waals surface area contributed by atoms with Gasteiger partial charge in [-0.3, -0.25) is 5.10 Å². The van der Waals surface area contributed by atoms with Crippen molar-refractivity contribution in [3.63, 3.8) is 0 Å². The third-order valence-corrected chi connectivity index (χ3v) is 3.56. The Kier molecular flexibility index (Phi) is 3.32. The quantitative estimate of drug-likeness (QED) is 0.744. The van der Waals surface area contributed by atoms with Gasteiger partial charge in [0.2, 0.25) is 0 Å². The molecule has 0 aliphatic heterocycles. The first kappa shape index (κ1) is 12.9. The predicted octanol–water partition coefficient (Wildman–Crippen LogP) is 4.53. The molecule has 3 aromatic rings. The van der Waals surface area contributed by atoms with E-state index in [-0.39, 0.29) is 11.1 Å². The minimum absolute atomic E-state index is 0.0254. The van der Waals surface area contributed by atoms with Gasteiger partial charge in [0.15, 0.2) is 0 Å². The van der Waals surface area contributed by atoms with Gasteiger partial charge in [-0.25, -0.2) is 4.39 Å². The zero-order valence-electron chi connectivity index (χ0n) is 10.8. The van der Waals surface area contributed by atoms with Crippen LogP contribution in [0.1, 0.15) is 18.5 Å². The van der Waals surface area contributed by atoms with Crippen LogP contribution in [0.15, 0.2) is 42.6 Å². The Morgan fingerprint density at radius 3 is 2.90 bits per heavy atom. The molecule has 0 saturated heterocycles. The van der Waals surface area contributed by atoms with Crippen molar-refractivity contribution in [2.75, 3.05) is 5.32 Å². The van der Waals surface area contributed by atoms with Crippen LogP contribution in [0.25, 0.3) is 10.9 Å².